The van der Waals surface area contributed by atoms with Gasteiger partial charge >= 0.3 is 6.03 Å². The SMILES string of the molecule is CC1CCCCC1NC(=O)CN1C(=O)NC2(CCc3ccccc3C2)C1=O. The summed E-state index contributed by atoms with van der Waals surface area (Å²) in [6, 6.07) is 7.72. The number of urea groups is 1. The first-order chi connectivity index (χ1) is 13.0. The fourth-order valence-corrected chi connectivity index (χ4v) is 4.77. The van der Waals surface area contributed by atoms with Gasteiger partial charge in [-0.1, -0.05) is 44.0 Å². The van der Waals surface area contributed by atoms with Crippen LogP contribution in [-0.4, -0.2) is 40.9 Å². The van der Waals surface area contributed by atoms with E-state index < -0.39 is 11.6 Å². The van der Waals surface area contributed by atoms with E-state index in [1.807, 2.05) is 18.2 Å². The van der Waals surface area contributed by atoms with E-state index in [9.17, 15) is 14.4 Å². The lowest BCUT2D eigenvalue weighted by atomic mass is 9.78. The monoisotopic (exact) mass is 369 g/mol. The Hall–Kier alpha value is -2.37. The van der Waals surface area contributed by atoms with E-state index in [0.717, 1.165) is 36.1 Å². The van der Waals surface area contributed by atoms with Gasteiger partial charge in [0, 0.05) is 12.5 Å². The van der Waals surface area contributed by atoms with E-state index in [-0.39, 0.29) is 24.4 Å². The summed E-state index contributed by atoms with van der Waals surface area (Å²) in [6.07, 6.45) is 6.20. The first-order valence-electron chi connectivity index (χ1n) is 9.99. The third kappa shape index (κ3) is 3.33. The van der Waals surface area contributed by atoms with Crippen molar-refractivity contribution < 1.29 is 14.4 Å². The Morgan fingerprint density at radius 1 is 1.22 bits per heavy atom. The zero-order valence-corrected chi connectivity index (χ0v) is 15.8. The van der Waals surface area contributed by atoms with Gasteiger partial charge in [0.2, 0.25) is 5.91 Å². The number of rotatable bonds is 3. The molecule has 0 aromatic heterocycles. The highest BCUT2D eigenvalue weighted by Crippen LogP contribution is 2.33. The summed E-state index contributed by atoms with van der Waals surface area (Å²) in [6.45, 7) is 1.95. The summed E-state index contributed by atoms with van der Waals surface area (Å²) >= 11 is 0. The fourth-order valence-electron chi connectivity index (χ4n) is 4.77. The Kier molecular flexibility index (Phi) is 4.66. The van der Waals surface area contributed by atoms with Crippen LogP contribution in [-0.2, 0) is 22.4 Å². The lowest BCUT2D eigenvalue weighted by Gasteiger charge is -2.32. The first-order valence-corrected chi connectivity index (χ1v) is 9.99. The molecule has 1 saturated carbocycles. The van der Waals surface area contributed by atoms with Gasteiger partial charge in [-0.25, -0.2) is 4.79 Å². The van der Waals surface area contributed by atoms with E-state index in [4.69, 9.17) is 0 Å². The van der Waals surface area contributed by atoms with Crippen LogP contribution in [0.1, 0.15) is 50.2 Å². The second-order valence-corrected chi connectivity index (χ2v) is 8.28. The first kappa shape index (κ1) is 18.0. The summed E-state index contributed by atoms with van der Waals surface area (Å²) in [5.74, 6) is -0.0775. The molecule has 0 bridgehead atoms. The predicted molar refractivity (Wildman–Crippen MR) is 101 cm³/mol. The predicted octanol–water partition coefficient (Wildman–Crippen LogP) is 2.16. The van der Waals surface area contributed by atoms with E-state index in [1.165, 1.54) is 12.0 Å². The Balaban J connectivity index is 1.43. The summed E-state index contributed by atoms with van der Waals surface area (Å²) < 4.78 is 0. The highest BCUT2D eigenvalue weighted by molar-refractivity contribution is 6.09. The molecule has 6 heteroatoms. The zero-order chi connectivity index (χ0) is 19.0. The van der Waals surface area contributed by atoms with Crippen molar-refractivity contribution in [1.82, 2.24) is 15.5 Å². The number of imide groups is 1. The molecule has 6 nitrogen and oxygen atoms in total. The fraction of sp³-hybridized carbons (Fsp3) is 0.571. The van der Waals surface area contributed by atoms with Crippen LogP contribution in [0.15, 0.2) is 24.3 Å². The Bertz CT molecular complexity index is 778. The highest BCUT2D eigenvalue weighted by atomic mass is 16.2. The van der Waals surface area contributed by atoms with Crippen molar-refractivity contribution in [2.24, 2.45) is 5.92 Å². The maximum Gasteiger partial charge on any atom is 0.325 e. The Morgan fingerprint density at radius 3 is 2.74 bits per heavy atom. The lowest BCUT2D eigenvalue weighted by molar-refractivity contribution is -0.135. The van der Waals surface area contributed by atoms with Crippen LogP contribution >= 0.6 is 0 Å². The van der Waals surface area contributed by atoms with E-state index in [2.05, 4.69) is 23.6 Å². The average molecular weight is 369 g/mol. The molecule has 2 fully saturated rings. The maximum atomic E-state index is 13.1. The molecule has 1 saturated heterocycles. The van der Waals surface area contributed by atoms with Gasteiger partial charge in [0.15, 0.2) is 0 Å². The largest absolute Gasteiger partial charge is 0.352 e. The molecule has 144 valence electrons. The minimum absolute atomic E-state index is 0.141. The van der Waals surface area contributed by atoms with Gasteiger partial charge in [0.05, 0.1) is 0 Å². The molecule has 1 heterocycles. The van der Waals surface area contributed by atoms with Crippen LogP contribution in [0.5, 0.6) is 0 Å². The van der Waals surface area contributed by atoms with Crippen molar-refractivity contribution in [1.29, 1.82) is 0 Å². The summed E-state index contributed by atoms with van der Waals surface area (Å²) in [4.78, 5) is 39.1. The normalized spacial score (nSPS) is 30.2. The van der Waals surface area contributed by atoms with E-state index in [1.54, 1.807) is 0 Å². The third-order valence-electron chi connectivity index (χ3n) is 6.44. The molecule has 3 unspecified atom stereocenters. The van der Waals surface area contributed by atoms with Crippen LogP contribution in [0.4, 0.5) is 4.79 Å². The van der Waals surface area contributed by atoms with Crippen molar-refractivity contribution in [3.05, 3.63) is 35.4 Å². The van der Waals surface area contributed by atoms with Crippen molar-refractivity contribution in [3.63, 3.8) is 0 Å². The number of aryl methyl sites for hydroxylation is 1. The molecule has 3 aliphatic rings. The molecule has 1 aromatic rings. The quantitative estimate of drug-likeness (QED) is 0.802. The van der Waals surface area contributed by atoms with Crippen LogP contribution in [0.25, 0.3) is 0 Å². The second-order valence-electron chi connectivity index (χ2n) is 8.28. The Morgan fingerprint density at radius 2 is 1.96 bits per heavy atom. The van der Waals surface area contributed by atoms with Crippen LogP contribution < -0.4 is 10.6 Å². The standard InChI is InChI=1S/C21H27N3O3/c1-14-6-2-5-9-17(14)22-18(25)13-24-19(26)21(23-20(24)27)11-10-15-7-3-4-8-16(15)12-21/h3-4,7-8,14,17H,2,5-6,9-13H2,1H3,(H,22,25)(H,23,27). The number of benzene rings is 1. The van der Waals surface area contributed by atoms with E-state index in [0.29, 0.717) is 18.8 Å². The van der Waals surface area contributed by atoms with Gasteiger partial charge in [-0.05, 0) is 42.7 Å². The molecule has 1 aliphatic heterocycles. The molecule has 1 spiro atoms. The molecule has 4 rings (SSSR count). The molecular weight excluding hydrogens is 342 g/mol. The summed E-state index contributed by atoms with van der Waals surface area (Å²) in [5, 5.41) is 5.92. The van der Waals surface area contributed by atoms with Crippen LogP contribution in [0, 0.1) is 5.92 Å². The summed E-state index contributed by atoms with van der Waals surface area (Å²) in [5.41, 5.74) is 1.43. The van der Waals surface area contributed by atoms with Gasteiger partial charge in [-0.15, -0.1) is 0 Å². The number of carbonyl (C=O) groups is 3. The molecule has 2 aliphatic carbocycles. The van der Waals surface area contributed by atoms with Crippen molar-refractivity contribution in [3.8, 4) is 0 Å². The average Bonchev–Trinajstić information content (AvgIpc) is 2.87. The zero-order valence-electron chi connectivity index (χ0n) is 15.8. The molecule has 2 N–H and O–H groups in total. The topological polar surface area (TPSA) is 78.5 Å². The highest BCUT2D eigenvalue weighted by Gasteiger charge is 2.52. The summed E-state index contributed by atoms with van der Waals surface area (Å²) in [7, 11) is 0. The van der Waals surface area contributed by atoms with Crippen molar-refractivity contribution in [2.75, 3.05) is 6.54 Å². The number of amides is 4. The van der Waals surface area contributed by atoms with Crippen LogP contribution in [0.3, 0.4) is 0 Å². The number of hydrogen-bond donors (Lipinski definition) is 2. The lowest BCUT2D eigenvalue weighted by Crippen LogP contribution is -2.52. The molecule has 3 atom stereocenters. The van der Waals surface area contributed by atoms with Crippen molar-refractivity contribution in [2.45, 2.75) is 63.5 Å². The van der Waals surface area contributed by atoms with Gasteiger partial charge < -0.3 is 10.6 Å². The van der Waals surface area contributed by atoms with Gasteiger partial charge in [-0.2, -0.15) is 0 Å². The molecule has 1 aromatic carbocycles. The third-order valence-corrected chi connectivity index (χ3v) is 6.44. The van der Waals surface area contributed by atoms with Crippen molar-refractivity contribution >= 4 is 17.8 Å². The number of hydrogen-bond acceptors (Lipinski definition) is 3. The van der Waals surface area contributed by atoms with Gasteiger partial charge in [-0.3, -0.25) is 14.5 Å². The molecular formula is C21H27N3O3. The minimum atomic E-state index is -0.899. The molecule has 4 amide bonds. The van der Waals surface area contributed by atoms with Crippen LogP contribution in [0.2, 0.25) is 0 Å². The Labute approximate surface area is 159 Å². The van der Waals surface area contributed by atoms with E-state index >= 15 is 0 Å². The number of nitrogens with zero attached hydrogens (tertiary/aromatic N) is 1. The molecule has 0 radical (unpaired) electrons. The number of carbonyl (C=O) groups excluding carboxylic acids is 3. The second kappa shape index (κ2) is 6.98. The van der Waals surface area contributed by atoms with Gasteiger partial charge in [0.25, 0.3) is 5.91 Å². The number of nitrogens with one attached hydrogen (secondary N) is 2. The molecule has 27 heavy (non-hydrogen) atoms. The minimum Gasteiger partial charge on any atom is -0.352 e. The number of fused-ring (bicyclic) bond motifs is 1. The maximum absolute atomic E-state index is 13.1. The van der Waals surface area contributed by atoms with Gasteiger partial charge in [0.1, 0.15) is 12.1 Å². The smallest absolute Gasteiger partial charge is 0.325 e.